The minimum absolute atomic E-state index is 0.293. The Labute approximate surface area is 152 Å². The third-order valence-electron chi connectivity index (χ3n) is 3.35. The Morgan fingerprint density at radius 2 is 2.00 bits per heavy atom. The van der Waals surface area contributed by atoms with Crippen LogP contribution in [0, 0.1) is 0 Å². The molecular weight excluding hydrogens is 394 g/mol. The van der Waals surface area contributed by atoms with Gasteiger partial charge in [0, 0.05) is 15.7 Å². The van der Waals surface area contributed by atoms with E-state index in [0.717, 1.165) is 10.2 Å². The number of methoxy groups -OCH3 is 1. The second-order valence-corrected chi connectivity index (χ2v) is 6.30. The van der Waals surface area contributed by atoms with Crippen LogP contribution in [-0.4, -0.2) is 22.8 Å². The van der Waals surface area contributed by atoms with Crippen molar-refractivity contribution in [3.8, 4) is 11.4 Å². The predicted octanol–water partition coefficient (Wildman–Crippen LogP) is 4.55. The Kier molecular flexibility index (Phi) is 4.87. The van der Waals surface area contributed by atoms with Crippen molar-refractivity contribution >= 4 is 39.1 Å². The molecule has 0 spiro atoms. The first-order chi connectivity index (χ1) is 11.6. The van der Waals surface area contributed by atoms with Crippen molar-refractivity contribution in [1.29, 1.82) is 0 Å². The van der Waals surface area contributed by atoms with E-state index in [0.29, 0.717) is 22.0 Å². The Morgan fingerprint density at radius 3 is 2.71 bits per heavy atom. The number of amides is 1. The van der Waals surface area contributed by atoms with Crippen molar-refractivity contribution in [3.63, 3.8) is 0 Å². The molecule has 24 heavy (non-hydrogen) atoms. The van der Waals surface area contributed by atoms with Gasteiger partial charge in [0.25, 0.3) is 5.91 Å². The highest BCUT2D eigenvalue weighted by Crippen LogP contribution is 2.28. The summed E-state index contributed by atoms with van der Waals surface area (Å²) >= 11 is 9.36. The quantitative estimate of drug-likeness (QED) is 0.691. The van der Waals surface area contributed by atoms with Gasteiger partial charge in [-0.1, -0.05) is 27.5 Å². The standard InChI is InChI=1S/C17H13BrClN3O2/c1-24-16-7-4-13(19)8-15(16)21-17(23)11-9-20-22(10-11)14-5-2-12(18)3-6-14/h2-10H,1H3,(H,21,23). The first kappa shape index (κ1) is 16.5. The maximum atomic E-state index is 12.4. The fraction of sp³-hybridized carbons (Fsp3) is 0.0588. The molecule has 3 aromatic rings. The van der Waals surface area contributed by atoms with Crippen molar-refractivity contribution in [1.82, 2.24) is 9.78 Å². The molecule has 1 amide bonds. The van der Waals surface area contributed by atoms with Crippen LogP contribution in [0.25, 0.3) is 5.69 Å². The lowest BCUT2D eigenvalue weighted by atomic mass is 10.2. The third kappa shape index (κ3) is 3.60. The summed E-state index contributed by atoms with van der Waals surface area (Å²) in [5.41, 5.74) is 1.80. The van der Waals surface area contributed by atoms with Crippen LogP contribution in [0.5, 0.6) is 5.75 Å². The summed E-state index contributed by atoms with van der Waals surface area (Å²) in [6.45, 7) is 0. The monoisotopic (exact) mass is 405 g/mol. The van der Waals surface area contributed by atoms with Crippen molar-refractivity contribution in [2.24, 2.45) is 0 Å². The Morgan fingerprint density at radius 1 is 1.25 bits per heavy atom. The van der Waals surface area contributed by atoms with Gasteiger partial charge in [-0.05, 0) is 42.5 Å². The second kappa shape index (κ2) is 7.07. The molecule has 0 aliphatic carbocycles. The lowest BCUT2D eigenvalue weighted by molar-refractivity contribution is 0.102. The number of rotatable bonds is 4. The highest BCUT2D eigenvalue weighted by atomic mass is 79.9. The first-order valence-electron chi connectivity index (χ1n) is 7.02. The van der Waals surface area contributed by atoms with Crippen LogP contribution < -0.4 is 10.1 Å². The van der Waals surface area contributed by atoms with E-state index in [1.807, 2.05) is 24.3 Å². The Balaban J connectivity index is 1.81. The molecule has 1 heterocycles. The van der Waals surface area contributed by atoms with Crippen molar-refractivity contribution < 1.29 is 9.53 Å². The summed E-state index contributed by atoms with van der Waals surface area (Å²) in [6, 6.07) is 12.7. The van der Waals surface area contributed by atoms with E-state index in [1.165, 1.54) is 13.3 Å². The SMILES string of the molecule is COc1ccc(Cl)cc1NC(=O)c1cnn(-c2ccc(Br)cc2)c1. The Hall–Kier alpha value is -2.31. The summed E-state index contributed by atoms with van der Waals surface area (Å²) in [4.78, 5) is 12.4. The van der Waals surface area contributed by atoms with E-state index in [4.69, 9.17) is 16.3 Å². The second-order valence-electron chi connectivity index (χ2n) is 4.95. The van der Waals surface area contributed by atoms with Gasteiger partial charge in [-0.15, -0.1) is 0 Å². The van der Waals surface area contributed by atoms with Gasteiger partial charge in [0.1, 0.15) is 5.75 Å². The molecule has 0 fully saturated rings. The molecule has 7 heteroatoms. The van der Waals surface area contributed by atoms with E-state index in [1.54, 1.807) is 29.1 Å². The zero-order valence-electron chi connectivity index (χ0n) is 12.7. The number of nitrogens with one attached hydrogen (secondary N) is 1. The number of aromatic nitrogens is 2. The van der Waals surface area contributed by atoms with Gasteiger partial charge in [-0.25, -0.2) is 4.68 Å². The molecule has 0 saturated heterocycles. The molecule has 1 aromatic heterocycles. The lowest BCUT2D eigenvalue weighted by Crippen LogP contribution is -2.12. The zero-order valence-corrected chi connectivity index (χ0v) is 15.0. The van der Waals surface area contributed by atoms with Crippen molar-refractivity contribution in [3.05, 3.63) is 69.9 Å². The molecular formula is C17H13BrClN3O2. The van der Waals surface area contributed by atoms with Crippen LogP contribution in [0.15, 0.2) is 59.3 Å². The number of anilines is 1. The molecule has 0 unspecified atom stereocenters. The van der Waals surface area contributed by atoms with Gasteiger partial charge in [0.05, 0.1) is 30.2 Å². The maximum absolute atomic E-state index is 12.4. The van der Waals surface area contributed by atoms with Gasteiger partial charge in [-0.2, -0.15) is 5.10 Å². The van der Waals surface area contributed by atoms with Crippen molar-refractivity contribution in [2.75, 3.05) is 12.4 Å². The topological polar surface area (TPSA) is 56.1 Å². The van der Waals surface area contributed by atoms with Gasteiger partial charge in [0.15, 0.2) is 0 Å². The summed E-state index contributed by atoms with van der Waals surface area (Å²) in [7, 11) is 1.53. The Bertz CT molecular complexity index is 878. The average molecular weight is 407 g/mol. The highest BCUT2D eigenvalue weighted by Gasteiger charge is 2.13. The number of carbonyl (C=O) groups excluding carboxylic acids is 1. The lowest BCUT2D eigenvalue weighted by Gasteiger charge is -2.09. The van der Waals surface area contributed by atoms with Gasteiger partial charge in [-0.3, -0.25) is 4.79 Å². The van der Waals surface area contributed by atoms with E-state index < -0.39 is 0 Å². The van der Waals surface area contributed by atoms with Crippen LogP contribution in [0.1, 0.15) is 10.4 Å². The van der Waals surface area contributed by atoms with Crippen LogP contribution in [0.4, 0.5) is 5.69 Å². The summed E-state index contributed by atoms with van der Waals surface area (Å²) in [6.07, 6.45) is 3.17. The molecule has 0 radical (unpaired) electrons. The number of hydrogen-bond acceptors (Lipinski definition) is 3. The molecule has 0 aliphatic rings. The van der Waals surface area contributed by atoms with Crippen LogP contribution in [-0.2, 0) is 0 Å². The zero-order chi connectivity index (χ0) is 17.1. The summed E-state index contributed by atoms with van der Waals surface area (Å²) in [5, 5.41) is 7.52. The third-order valence-corrected chi connectivity index (χ3v) is 4.11. The molecule has 0 saturated carbocycles. The molecule has 122 valence electrons. The minimum Gasteiger partial charge on any atom is -0.495 e. The number of benzene rings is 2. The molecule has 2 aromatic carbocycles. The van der Waals surface area contributed by atoms with Gasteiger partial charge < -0.3 is 10.1 Å². The van der Waals surface area contributed by atoms with Gasteiger partial charge >= 0.3 is 0 Å². The van der Waals surface area contributed by atoms with E-state index in [-0.39, 0.29) is 5.91 Å². The number of ether oxygens (including phenoxy) is 1. The predicted molar refractivity (Wildman–Crippen MR) is 97.2 cm³/mol. The fourth-order valence-corrected chi connectivity index (χ4v) is 2.58. The molecule has 0 aliphatic heterocycles. The first-order valence-corrected chi connectivity index (χ1v) is 8.19. The van der Waals surface area contributed by atoms with Crippen molar-refractivity contribution in [2.45, 2.75) is 0 Å². The number of nitrogens with zero attached hydrogens (tertiary/aromatic N) is 2. The fourth-order valence-electron chi connectivity index (χ4n) is 2.15. The molecule has 5 nitrogen and oxygen atoms in total. The van der Waals surface area contributed by atoms with E-state index in [9.17, 15) is 4.79 Å². The number of carbonyl (C=O) groups is 1. The average Bonchev–Trinajstić information content (AvgIpc) is 3.06. The van der Waals surface area contributed by atoms with Crippen LogP contribution in [0.2, 0.25) is 5.02 Å². The van der Waals surface area contributed by atoms with Crippen LogP contribution >= 0.6 is 27.5 Å². The molecule has 0 bridgehead atoms. The van der Waals surface area contributed by atoms with E-state index in [2.05, 4.69) is 26.3 Å². The summed E-state index contributed by atoms with van der Waals surface area (Å²) < 4.78 is 7.84. The molecule has 1 N–H and O–H groups in total. The largest absolute Gasteiger partial charge is 0.495 e. The van der Waals surface area contributed by atoms with E-state index >= 15 is 0 Å². The normalized spacial score (nSPS) is 10.5. The van der Waals surface area contributed by atoms with Gasteiger partial charge in [0.2, 0.25) is 0 Å². The molecule has 3 rings (SSSR count). The van der Waals surface area contributed by atoms with Crippen LogP contribution in [0.3, 0.4) is 0 Å². The highest BCUT2D eigenvalue weighted by molar-refractivity contribution is 9.10. The smallest absolute Gasteiger partial charge is 0.258 e. The molecule has 0 atom stereocenters. The number of halogens is 2. The minimum atomic E-state index is -0.293. The maximum Gasteiger partial charge on any atom is 0.258 e. The summed E-state index contributed by atoms with van der Waals surface area (Å²) in [5.74, 6) is 0.243. The number of hydrogen-bond donors (Lipinski definition) is 1.